The minimum Gasteiger partial charge on any atom is -0.377 e. The molecule has 0 saturated heterocycles. The monoisotopic (exact) mass is 285 g/mol. The van der Waals surface area contributed by atoms with Gasteiger partial charge in [-0.05, 0) is 26.8 Å². The first kappa shape index (κ1) is 16.4. The summed E-state index contributed by atoms with van der Waals surface area (Å²) >= 11 is 1.79. The largest absolute Gasteiger partial charge is 0.377 e. The summed E-state index contributed by atoms with van der Waals surface area (Å²) in [5.41, 5.74) is 1.22. The van der Waals surface area contributed by atoms with E-state index in [2.05, 4.69) is 45.0 Å². The van der Waals surface area contributed by atoms with Gasteiger partial charge in [0.25, 0.3) is 0 Å². The normalized spacial score (nSPS) is 11.3. The van der Waals surface area contributed by atoms with Crippen LogP contribution < -0.4 is 10.2 Å². The molecule has 0 amide bonds. The van der Waals surface area contributed by atoms with Gasteiger partial charge in [-0.2, -0.15) is 0 Å². The Bertz CT molecular complexity index is 366. The third-order valence-corrected chi connectivity index (χ3v) is 4.05. The SMILES string of the molecule is CCNCc1sc(N(C)CCOC(C)C)nc1CC. The quantitative estimate of drug-likeness (QED) is 0.757. The summed E-state index contributed by atoms with van der Waals surface area (Å²) in [4.78, 5) is 8.27. The van der Waals surface area contributed by atoms with Crippen LogP contribution in [0.1, 0.15) is 38.3 Å². The molecule has 1 aromatic heterocycles. The fraction of sp³-hybridized carbons (Fsp3) is 0.786. The van der Waals surface area contributed by atoms with Gasteiger partial charge in [0.05, 0.1) is 18.4 Å². The van der Waals surface area contributed by atoms with Gasteiger partial charge in [-0.3, -0.25) is 0 Å². The maximum Gasteiger partial charge on any atom is 0.185 e. The molecule has 0 aliphatic carbocycles. The van der Waals surface area contributed by atoms with Crippen LogP contribution in [0, 0.1) is 0 Å². The lowest BCUT2D eigenvalue weighted by molar-refractivity contribution is 0.0846. The molecule has 0 bridgehead atoms. The first-order valence-electron chi connectivity index (χ1n) is 7.10. The van der Waals surface area contributed by atoms with E-state index in [1.54, 1.807) is 11.3 Å². The Balaban J connectivity index is 2.58. The van der Waals surface area contributed by atoms with Gasteiger partial charge in [0, 0.05) is 25.0 Å². The molecule has 0 atom stereocenters. The number of aromatic nitrogens is 1. The number of hydrogen-bond donors (Lipinski definition) is 1. The van der Waals surface area contributed by atoms with E-state index < -0.39 is 0 Å². The minimum atomic E-state index is 0.292. The lowest BCUT2D eigenvalue weighted by atomic mass is 10.3. The Kier molecular flexibility index (Phi) is 7.34. The number of thiazole rings is 1. The van der Waals surface area contributed by atoms with Crippen LogP contribution in [0.15, 0.2) is 0 Å². The molecule has 0 spiro atoms. The predicted octanol–water partition coefficient (Wildman–Crippen LogP) is 2.68. The van der Waals surface area contributed by atoms with Crippen LogP contribution in [0.4, 0.5) is 5.13 Å². The molecule has 0 aromatic carbocycles. The lowest BCUT2D eigenvalue weighted by Crippen LogP contribution is -2.23. The van der Waals surface area contributed by atoms with Gasteiger partial charge in [-0.1, -0.05) is 13.8 Å². The highest BCUT2D eigenvalue weighted by Gasteiger charge is 2.12. The number of anilines is 1. The number of rotatable bonds is 9. The molecule has 19 heavy (non-hydrogen) atoms. The van der Waals surface area contributed by atoms with Crippen molar-refractivity contribution in [1.29, 1.82) is 0 Å². The molecule has 110 valence electrons. The van der Waals surface area contributed by atoms with Crippen molar-refractivity contribution in [3.05, 3.63) is 10.6 Å². The highest BCUT2D eigenvalue weighted by atomic mass is 32.1. The molecule has 0 fully saturated rings. The molecule has 5 heteroatoms. The Morgan fingerprint density at radius 2 is 2.11 bits per heavy atom. The molecule has 0 aliphatic rings. The smallest absolute Gasteiger partial charge is 0.185 e. The zero-order chi connectivity index (χ0) is 14.3. The van der Waals surface area contributed by atoms with Crippen molar-refractivity contribution in [1.82, 2.24) is 10.3 Å². The van der Waals surface area contributed by atoms with Crippen LogP contribution in [-0.2, 0) is 17.7 Å². The van der Waals surface area contributed by atoms with Gasteiger partial charge in [-0.15, -0.1) is 11.3 Å². The maximum absolute atomic E-state index is 5.59. The number of likely N-dealkylation sites (N-methyl/N-ethyl adjacent to an activating group) is 1. The summed E-state index contributed by atoms with van der Waals surface area (Å²) in [5, 5.41) is 4.47. The molecule has 0 unspecified atom stereocenters. The molecule has 1 N–H and O–H groups in total. The van der Waals surface area contributed by atoms with Crippen LogP contribution in [0.5, 0.6) is 0 Å². The van der Waals surface area contributed by atoms with Crippen molar-refractivity contribution in [2.75, 3.05) is 31.6 Å². The van der Waals surface area contributed by atoms with E-state index in [-0.39, 0.29) is 0 Å². The molecule has 1 heterocycles. The van der Waals surface area contributed by atoms with Crippen LogP contribution in [0.25, 0.3) is 0 Å². The van der Waals surface area contributed by atoms with Crippen LogP contribution in [-0.4, -0.2) is 37.8 Å². The van der Waals surface area contributed by atoms with Crippen LogP contribution >= 0.6 is 11.3 Å². The molecule has 1 aromatic rings. The second kappa shape index (κ2) is 8.51. The van der Waals surface area contributed by atoms with Gasteiger partial charge < -0.3 is 15.0 Å². The Morgan fingerprint density at radius 1 is 1.37 bits per heavy atom. The van der Waals surface area contributed by atoms with Gasteiger partial charge >= 0.3 is 0 Å². The summed E-state index contributed by atoms with van der Waals surface area (Å²) in [5.74, 6) is 0. The standard InChI is InChI=1S/C14H27N3OS/c1-6-12-13(10-15-7-2)19-14(16-12)17(5)8-9-18-11(3)4/h11,15H,6-10H2,1-5H3. The lowest BCUT2D eigenvalue weighted by Gasteiger charge is -2.16. The van der Waals surface area contributed by atoms with E-state index in [1.165, 1.54) is 10.6 Å². The number of ether oxygens (including phenoxy) is 1. The van der Waals surface area contributed by atoms with E-state index in [1.807, 2.05) is 0 Å². The first-order valence-corrected chi connectivity index (χ1v) is 7.92. The first-order chi connectivity index (χ1) is 9.08. The Labute approximate surface area is 121 Å². The maximum atomic E-state index is 5.59. The summed E-state index contributed by atoms with van der Waals surface area (Å²) in [6.07, 6.45) is 1.29. The number of nitrogens with zero attached hydrogens (tertiary/aromatic N) is 2. The second-order valence-corrected chi connectivity index (χ2v) is 5.90. The minimum absolute atomic E-state index is 0.292. The van der Waals surface area contributed by atoms with Crippen molar-refractivity contribution in [3.63, 3.8) is 0 Å². The van der Waals surface area contributed by atoms with Crippen molar-refractivity contribution in [3.8, 4) is 0 Å². The predicted molar refractivity (Wildman–Crippen MR) is 83.2 cm³/mol. The third-order valence-electron chi connectivity index (χ3n) is 2.84. The van der Waals surface area contributed by atoms with E-state index in [9.17, 15) is 0 Å². The van der Waals surface area contributed by atoms with Gasteiger partial charge in [0.1, 0.15) is 0 Å². The fourth-order valence-corrected chi connectivity index (χ4v) is 2.81. The average molecular weight is 285 g/mol. The molecule has 0 radical (unpaired) electrons. The molecule has 0 aliphatic heterocycles. The zero-order valence-corrected chi connectivity index (χ0v) is 13.6. The fourth-order valence-electron chi connectivity index (χ4n) is 1.71. The molecular formula is C14H27N3OS. The van der Waals surface area contributed by atoms with Gasteiger partial charge in [0.15, 0.2) is 5.13 Å². The highest BCUT2D eigenvalue weighted by Crippen LogP contribution is 2.26. The van der Waals surface area contributed by atoms with E-state index in [0.29, 0.717) is 6.10 Å². The highest BCUT2D eigenvalue weighted by molar-refractivity contribution is 7.15. The van der Waals surface area contributed by atoms with Crippen LogP contribution in [0.2, 0.25) is 0 Å². The summed E-state index contributed by atoms with van der Waals surface area (Å²) in [7, 11) is 2.08. The van der Waals surface area contributed by atoms with Crippen molar-refractivity contribution in [2.45, 2.75) is 46.8 Å². The van der Waals surface area contributed by atoms with Gasteiger partial charge in [-0.25, -0.2) is 4.98 Å². The van der Waals surface area contributed by atoms with Crippen molar-refractivity contribution in [2.24, 2.45) is 0 Å². The number of aryl methyl sites for hydroxylation is 1. The Hall–Kier alpha value is -0.650. The summed E-state index contributed by atoms with van der Waals surface area (Å²) < 4.78 is 5.59. The van der Waals surface area contributed by atoms with E-state index in [0.717, 1.165) is 37.8 Å². The molecular weight excluding hydrogens is 258 g/mol. The molecule has 4 nitrogen and oxygen atoms in total. The number of hydrogen-bond acceptors (Lipinski definition) is 5. The Morgan fingerprint density at radius 3 is 2.68 bits per heavy atom. The van der Waals surface area contributed by atoms with E-state index in [4.69, 9.17) is 9.72 Å². The van der Waals surface area contributed by atoms with Crippen LogP contribution in [0.3, 0.4) is 0 Å². The molecule has 1 rings (SSSR count). The summed E-state index contributed by atoms with van der Waals surface area (Å²) in [6.45, 7) is 12.0. The summed E-state index contributed by atoms with van der Waals surface area (Å²) in [6, 6.07) is 0. The second-order valence-electron chi connectivity index (χ2n) is 4.84. The molecule has 0 saturated carbocycles. The van der Waals surface area contributed by atoms with Gasteiger partial charge in [0.2, 0.25) is 0 Å². The topological polar surface area (TPSA) is 37.4 Å². The number of nitrogens with one attached hydrogen (secondary N) is 1. The third kappa shape index (κ3) is 5.47. The zero-order valence-electron chi connectivity index (χ0n) is 12.8. The average Bonchev–Trinajstić information content (AvgIpc) is 2.79. The van der Waals surface area contributed by atoms with E-state index >= 15 is 0 Å². The van der Waals surface area contributed by atoms with Crippen molar-refractivity contribution >= 4 is 16.5 Å². The van der Waals surface area contributed by atoms with Crippen molar-refractivity contribution < 1.29 is 4.74 Å².